The van der Waals surface area contributed by atoms with Crippen LogP contribution in [-0.4, -0.2) is 41.8 Å². The van der Waals surface area contributed by atoms with E-state index in [1.165, 1.54) is 0 Å². The zero-order chi connectivity index (χ0) is 15.6. The van der Waals surface area contributed by atoms with E-state index in [-0.39, 0.29) is 23.7 Å². The van der Waals surface area contributed by atoms with Crippen molar-refractivity contribution in [2.75, 3.05) is 13.1 Å². The summed E-state index contributed by atoms with van der Waals surface area (Å²) in [6.07, 6.45) is 0.921. The van der Waals surface area contributed by atoms with E-state index < -0.39 is 26.8 Å². The number of sulfonamides is 1. The van der Waals surface area contributed by atoms with E-state index in [1.54, 1.807) is 0 Å². The van der Waals surface area contributed by atoms with E-state index in [4.69, 9.17) is 5.11 Å². The molecular weight excluding hydrogens is 300 g/mol. The molecule has 1 aliphatic heterocycles. The highest BCUT2D eigenvalue weighted by Crippen LogP contribution is 2.25. The number of non-ortho nitro benzene ring substituents is 1. The van der Waals surface area contributed by atoms with Gasteiger partial charge in [0.05, 0.1) is 15.7 Å². The van der Waals surface area contributed by atoms with Gasteiger partial charge in [0.2, 0.25) is 10.0 Å². The second kappa shape index (κ2) is 5.78. The minimum Gasteiger partial charge on any atom is -0.481 e. The summed E-state index contributed by atoms with van der Waals surface area (Å²) in [6, 6.07) is 4.56. The van der Waals surface area contributed by atoms with E-state index in [0.29, 0.717) is 12.8 Å². The maximum atomic E-state index is 12.4. The van der Waals surface area contributed by atoms with Crippen molar-refractivity contribution in [3.63, 3.8) is 0 Å². The molecule has 1 saturated heterocycles. The normalized spacial score (nSPS) is 20.1. The van der Waals surface area contributed by atoms with Gasteiger partial charge in [0, 0.05) is 25.2 Å². The molecule has 1 atom stereocenters. The van der Waals surface area contributed by atoms with Crippen LogP contribution >= 0.6 is 0 Å². The minimum absolute atomic E-state index is 0.0702. The van der Waals surface area contributed by atoms with Crippen LogP contribution in [0.25, 0.3) is 0 Å². The molecule has 21 heavy (non-hydrogen) atoms. The third kappa shape index (κ3) is 3.19. The lowest BCUT2D eigenvalue weighted by molar-refractivity contribution is -0.384. The smallest absolute Gasteiger partial charge is 0.307 e. The first kappa shape index (κ1) is 15.4. The number of rotatable bonds is 4. The molecular formula is C12H14N2O6S. The maximum Gasteiger partial charge on any atom is 0.307 e. The molecule has 114 valence electrons. The van der Waals surface area contributed by atoms with Crippen LogP contribution in [0, 0.1) is 16.0 Å². The third-order valence-electron chi connectivity index (χ3n) is 3.42. The first-order valence-electron chi connectivity index (χ1n) is 6.30. The fraction of sp³-hybridized carbons (Fsp3) is 0.417. The van der Waals surface area contributed by atoms with Gasteiger partial charge in [0.1, 0.15) is 0 Å². The Morgan fingerprint density at radius 2 is 1.95 bits per heavy atom. The molecule has 2 rings (SSSR count). The Kier molecular flexibility index (Phi) is 4.24. The molecule has 1 aromatic rings. The van der Waals surface area contributed by atoms with Crippen molar-refractivity contribution >= 4 is 21.7 Å². The second-order valence-corrected chi connectivity index (χ2v) is 6.73. The first-order valence-corrected chi connectivity index (χ1v) is 7.74. The van der Waals surface area contributed by atoms with E-state index >= 15 is 0 Å². The lowest BCUT2D eigenvalue weighted by Gasteiger charge is -2.29. The lowest BCUT2D eigenvalue weighted by atomic mass is 10.0. The number of benzene rings is 1. The van der Waals surface area contributed by atoms with Crippen LogP contribution in [0.4, 0.5) is 5.69 Å². The van der Waals surface area contributed by atoms with Crippen LogP contribution in [0.2, 0.25) is 0 Å². The molecule has 0 amide bonds. The number of carboxylic acids is 1. The Balaban J connectivity index is 2.24. The number of aliphatic carboxylic acids is 1. The molecule has 0 unspecified atom stereocenters. The number of nitro groups is 1. The SMILES string of the molecule is O=C(O)[C@@H]1CCCN(S(=O)(=O)c2ccc([N+](=O)[O-])cc2)C1. The molecule has 8 nitrogen and oxygen atoms in total. The molecule has 0 aromatic heterocycles. The van der Waals surface area contributed by atoms with Crippen molar-refractivity contribution < 1.29 is 23.2 Å². The van der Waals surface area contributed by atoms with Crippen molar-refractivity contribution in [1.29, 1.82) is 0 Å². The number of hydrogen-bond donors (Lipinski definition) is 1. The summed E-state index contributed by atoms with van der Waals surface area (Å²) >= 11 is 0. The highest BCUT2D eigenvalue weighted by molar-refractivity contribution is 7.89. The number of piperidine rings is 1. The summed E-state index contributed by atoms with van der Waals surface area (Å²) in [5.74, 6) is -1.73. The number of hydrogen-bond acceptors (Lipinski definition) is 5. The third-order valence-corrected chi connectivity index (χ3v) is 5.30. The monoisotopic (exact) mass is 314 g/mol. The van der Waals surface area contributed by atoms with Crippen LogP contribution in [0.5, 0.6) is 0 Å². The van der Waals surface area contributed by atoms with Crippen molar-refractivity contribution in [1.82, 2.24) is 4.31 Å². The standard InChI is InChI=1S/C12H14N2O6S/c15-12(16)9-2-1-7-13(8-9)21(19,20)11-5-3-10(4-6-11)14(17)18/h3-6,9H,1-2,7-8H2,(H,15,16)/t9-/m1/s1. The lowest BCUT2D eigenvalue weighted by Crippen LogP contribution is -2.42. The second-order valence-electron chi connectivity index (χ2n) is 4.79. The summed E-state index contributed by atoms with van der Waals surface area (Å²) in [5, 5.41) is 19.6. The van der Waals surface area contributed by atoms with Crippen LogP contribution in [0.1, 0.15) is 12.8 Å². The van der Waals surface area contributed by atoms with Crippen molar-refractivity contribution in [3.8, 4) is 0 Å². The van der Waals surface area contributed by atoms with Crippen LogP contribution in [0.3, 0.4) is 0 Å². The predicted molar refractivity (Wildman–Crippen MR) is 72.2 cm³/mol. The Labute approximate surface area is 121 Å². The van der Waals surface area contributed by atoms with Crippen LogP contribution < -0.4 is 0 Å². The van der Waals surface area contributed by atoms with Gasteiger partial charge in [-0.3, -0.25) is 14.9 Å². The number of carbonyl (C=O) groups is 1. The molecule has 0 bridgehead atoms. The fourth-order valence-electron chi connectivity index (χ4n) is 2.25. The fourth-order valence-corrected chi connectivity index (χ4v) is 3.78. The van der Waals surface area contributed by atoms with E-state index in [9.17, 15) is 23.3 Å². The van der Waals surface area contributed by atoms with Gasteiger partial charge >= 0.3 is 5.97 Å². The van der Waals surface area contributed by atoms with Crippen molar-refractivity contribution in [2.24, 2.45) is 5.92 Å². The van der Waals surface area contributed by atoms with Gasteiger partial charge in [-0.25, -0.2) is 8.42 Å². The number of carboxylic acid groups (broad SMARTS) is 1. The van der Waals surface area contributed by atoms with Gasteiger partial charge in [-0.1, -0.05) is 0 Å². The van der Waals surface area contributed by atoms with Crippen LogP contribution in [-0.2, 0) is 14.8 Å². The van der Waals surface area contributed by atoms with Crippen molar-refractivity contribution in [2.45, 2.75) is 17.7 Å². The van der Waals surface area contributed by atoms with Gasteiger partial charge in [0.15, 0.2) is 0 Å². The molecule has 9 heteroatoms. The zero-order valence-electron chi connectivity index (χ0n) is 11.0. The van der Waals surface area contributed by atoms with Gasteiger partial charge in [-0.2, -0.15) is 4.31 Å². The Hall–Kier alpha value is -2.00. The Bertz CT molecular complexity index is 655. The largest absolute Gasteiger partial charge is 0.481 e. The average molecular weight is 314 g/mol. The summed E-state index contributed by atoms with van der Waals surface area (Å²) in [4.78, 5) is 20.9. The highest BCUT2D eigenvalue weighted by Gasteiger charge is 2.33. The summed E-state index contributed by atoms with van der Waals surface area (Å²) in [6.45, 7) is 0.178. The molecule has 1 heterocycles. The van der Waals surface area contributed by atoms with Crippen LogP contribution in [0.15, 0.2) is 29.2 Å². The molecule has 0 spiro atoms. The Morgan fingerprint density at radius 3 is 2.48 bits per heavy atom. The van der Waals surface area contributed by atoms with E-state index in [1.807, 2.05) is 0 Å². The molecule has 1 N–H and O–H groups in total. The van der Waals surface area contributed by atoms with Gasteiger partial charge in [-0.05, 0) is 25.0 Å². The number of nitro benzene ring substituents is 1. The molecule has 1 fully saturated rings. The Morgan fingerprint density at radius 1 is 1.33 bits per heavy atom. The summed E-state index contributed by atoms with van der Waals surface area (Å²) in [5.41, 5.74) is -0.198. The highest BCUT2D eigenvalue weighted by atomic mass is 32.2. The molecule has 0 aliphatic carbocycles. The minimum atomic E-state index is -3.82. The quantitative estimate of drug-likeness (QED) is 0.656. The van der Waals surface area contributed by atoms with Gasteiger partial charge in [0.25, 0.3) is 5.69 Å². The summed E-state index contributed by atoms with van der Waals surface area (Å²) < 4.78 is 25.9. The molecule has 1 aliphatic rings. The molecule has 0 radical (unpaired) electrons. The predicted octanol–water partition coefficient (Wildman–Crippen LogP) is 1.08. The number of nitrogens with zero attached hydrogens (tertiary/aromatic N) is 2. The average Bonchev–Trinajstić information content (AvgIpc) is 2.47. The van der Waals surface area contributed by atoms with E-state index in [0.717, 1.165) is 28.6 Å². The first-order chi connectivity index (χ1) is 9.82. The van der Waals surface area contributed by atoms with Gasteiger partial charge < -0.3 is 5.11 Å². The topological polar surface area (TPSA) is 118 Å². The van der Waals surface area contributed by atoms with E-state index in [2.05, 4.69) is 0 Å². The molecule has 1 aromatic carbocycles. The molecule has 0 saturated carbocycles. The van der Waals surface area contributed by atoms with Crippen molar-refractivity contribution in [3.05, 3.63) is 34.4 Å². The summed E-state index contributed by atoms with van der Waals surface area (Å²) in [7, 11) is -3.82. The zero-order valence-corrected chi connectivity index (χ0v) is 11.8. The maximum absolute atomic E-state index is 12.4. The van der Waals surface area contributed by atoms with Gasteiger partial charge in [-0.15, -0.1) is 0 Å².